The number of benzodiazepines with no additional fused rings is 1. The van der Waals surface area contributed by atoms with E-state index in [1.54, 1.807) is 11.9 Å². The third-order valence-corrected chi connectivity index (χ3v) is 5.35. The van der Waals surface area contributed by atoms with Gasteiger partial charge in [0.25, 0.3) is 5.91 Å². The fraction of sp³-hybridized carbons (Fsp3) is 0.318. The molecule has 0 bridgehead atoms. The summed E-state index contributed by atoms with van der Waals surface area (Å²) < 4.78 is 0. The van der Waals surface area contributed by atoms with Gasteiger partial charge < -0.3 is 15.5 Å². The first-order valence-electron chi connectivity index (χ1n) is 9.71. The molecule has 0 unspecified atom stereocenters. The molecule has 28 heavy (non-hydrogen) atoms. The van der Waals surface area contributed by atoms with Gasteiger partial charge in [-0.1, -0.05) is 61.4 Å². The van der Waals surface area contributed by atoms with Crippen LogP contribution in [0.2, 0.25) is 0 Å². The largest absolute Gasteiger partial charge is 0.335 e. The highest BCUT2D eigenvalue weighted by Crippen LogP contribution is 2.27. The molecule has 2 aromatic rings. The van der Waals surface area contributed by atoms with Crippen LogP contribution in [0.5, 0.6) is 0 Å². The van der Waals surface area contributed by atoms with Gasteiger partial charge in [0.05, 0.1) is 11.4 Å². The molecule has 2 N–H and O–H groups in total. The van der Waals surface area contributed by atoms with E-state index in [0.717, 1.165) is 42.5 Å². The van der Waals surface area contributed by atoms with Gasteiger partial charge in [0.2, 0.25) is 6.17 Å². The number of carbonyl (C=O) groups is 2. The van der Waals surface area contributed by atoms with Crippen molar-refractivity contribution in [1.29, 1.82) is 0 Å². The molecule has 0 spiro atoms. The molecule has 1 heterocycles. The summed E-state index contributed by atoms with van der Waals surface area (Å²) in [5.74, 6) is -0.264. The van der Waals surface area contributed by atoms with E-state index in [0.29, 0.717) is 5.71 Å². The van der Waals surface area contributed by atoms with Crippen molar-refractivity contribution in [1.82, 2.24) is 10.6 Å². The highest BCUT2D eigenvalue weighted by Gasteiger charge is 2.31. The Balaban J connectivity index is 1.68. The fourth-order valence-corrected chi connectivity index (χ4v) is 3.86. The molecule has 2 aliphatic rings. The molecule has 6 heteroatoms. The Morgan fingerprint density at radius 1 is 1.00 bits per heavy atom. The summed E-state index contributed by atoms with van der Waals surface area (Å²) in [6.45, 7) is 0. The monoisotopic (exact) mass is 376 g/mol. The van der Waals surface area contributed by atoms with Crippen molar-refractivity contribution in [2.24, 2.45) is 4.99 Å². The van der Waals surface area contributed by atoms with Gasteiger partial charge in [0, 0.05) is 24.2 Å². The van der Waals surface area contributed by atoms with E-state index < -0.39 is 6.17 Å². The second-order valence-electron chi connectivity index (χ2n) is 7.26. The summed E-state index contributed by atoms with van der Waals surface area (Å²) >= 11 is 0. The molecule has 0 radical (unpaired) electrons. The van der Waals surface area contributed by atoms with Crippen LogP contribution in [-0.4, -0.2) is 36.9 Å². The van der Waals surface area contributed by atoms with E-state index in [4.69, 9.17) is 0 Å². The standard InChI is InChI=1S/C22H24N4O2/c1-26-18-14-8-7-13-17(18)19(15-9-3-2-4-10-15)24-20(21(26)27)25-22(28)23-16-11-5-6-12-16/h2-4,7-10,13-14,16,20H,5-6,11-12H2,1H3,(H2,23,25,28)/t20-/m1/s1. The summed E-state index contributed by atoms with van der Waals surface area (Å²) in [4.78, 5) is 31.8. The first-order valence-corrected chi connectivity index (χ1v) is 9.71. The van der Waals surface area contributed by atoms with Crippen molar-refractivity contribution in [2.45, 2.75) is 37.9 Å². The number of hydrogen-bond acceptors (Lipinski definition) is 3. The number of urea groups is 1. The average molecular weight is 376 g/mol. The van der Waals surface area contributed by atoms with Crippen LogP contribution in [0, 0.1) is 0 Å². The molecule has 0 aromatic heterocycles. The third-order valence-electron chi connectivity index (χ3n) is 5.35. The van der Waals surface area contributed by atoms with Crippen molar-refractivity contribution >= 4 is 23.3 Å². The summed E-state index contributed by atoms with van der Waals surface area (Å²) in [6, 6.07) is 17.2. The Morgan fingerprint density at radius 3 is 2.43 bits per heavy atom. The van der Waals surface area contributed by atoms with Gasteiger partial charge in [-0.3, -0.25) is 4.79 Å². The summed E-state index contributed by atoms with van der Waals surface area (Å²) in [5.41, 5.74) is 3.24. The first-order chi connectivity index (χ1) is 13.6. The zero-order chi connectivity index (χ0) is 19.5. The van der Waals surface area contributed by atoms with Gasteiger partial charge >= 0.3 is 6.03 Å². The number of amides is 3. The number of carbonyl (C=O) groups excluding carboxylic acids is 2. The number of nitrogens with one attached hydrogen (secondary N) is 2. The van der Waals surface area contributed by atoms with Gasteiger partial charge in [-0.2, -0.15) is 0 Å². The Hall–Kier alpha value is -3.15. The van der Waals surface area contributed by atoms with Crippen LogP contribution in [0.1, 0.15) is 36.8 Å². The van der Waals surface area contributed by atoms with E-state index in [1.807, 2.05) is 54.6 Å². The van der Waals surface area contributed by atoms with Crippen molar-refractivity contribution in [3.8, 4) is 0 Å². The summed E-state index contributed by atoms with van der Waals surface area (Å²) in [7, 11) is 1.72. The molecule has 2 aromatic carbocycles. The maximum Gasteiger partial charge on any atom is 0.317 e. The normalized spacial score (nSPS) is 19.6. The van der Waals surface area contributed by atoms with Gasteiger partial charge in [-0.15, -0.1) is 0 Å². The first kappa shape index (κ1) is 18.2. The lowest BCUT2D eigenvalue weighted by molar-refractivity contribution is -0.119. The lowest BCUT2D eigenvalue weighted by Crippen LogP contribution is -2.51. The molecular weight excluding hydrogens is 352 g/mol. The maximum absolute atomic E-state index is 13.0. The number of anilines is 1. The fourth-order valence-electron chi connectivity index (χ4n) is 3.86. The molecule has 0 saturated heterocycles. The number of nitrogens with zero attached hydrogens (tertiary/aromatic N) is 2. The number of hydrogen-bond donors (Lipinski definition) is 2. The minimum absolute atomic E-state index is 0.174. The molecule has 6 nitrogen and oxygen atoms in total. The van der Waals surface area contributed by atoms with Crippen molar-refractivity contribution in [3.05, 3.63) is 65.7 Å². The van der Waals surface area contributed by atoms with Gasteiger partial charge in [0.15, 0.2) is 0 Å². The third kappa shape index (κ3) is 3.63. The van der Waals surface area contributed by atoms with Crippen LogP contribution >= 0.6 is 0 Å². The smallest absolute Gasteiger partial charge is 0.317 e. The van der Waals surface area contributed by atoms with Crippen LogP contribution < -0.4 is 15.5 Å². The molecule has 1 aliphatic heterocycles. The molecule has 1 atom stereocenters. The van der Waals surface area contributed by atoms with Crippen LogP contribution in [-0.2, 0) is 4.79 Å². The van der Waals surface area contributed by atoms with Crippen LogP contribution in [0.3, 0.4) is 0 Å². The topological polar surface area (TPSA) is 73.8 Å². The number of rotatable bonds is 3. The van der Waals surface area contributed by atoms with Crippen LogP contribution in [0.4, 0.5) is 10.5 Å². The Labute approximate surface area is 164 Å². The summed E-state index contributed by atoms with van der Waals surface area (Å²) in [5, 5.41) is 5.74. The molecule has 4 rings (SSSR count). The Kier molecular flexibility index (Phi) is 5.10. The van der Waals surface area contributed by atoms with E-state index in [-0.39, 0.29) is 18.0 Å². The van der Waals surface area contributed by atoms with E-state index in [1.165, 1.54) is 0 Å². The van der Waals surface area contributed by atoms with Crippen LogP contribution in [0.15, 0.2) is 59.6 Å². The van der Waals surface area contributed by atoms with Crippen molar-refractivity contribution in [3.63, 3.8) is 0 Å². The highest BCUT2D eigenvalue weighted by atomic mass is 16.2. The molecule has 3 amide bonds. The quantitative estimate of drug-likeness (QED) is 0.864. The number of aliphatic imine (C=N–C) groups is 1. The van der Waals surface area contributed by atoms with E-state index in [9.17, 15) is 9.59 Å². The SMILES string of the molecule is CN1C(=O)[C@@H](NC(=O)NC2CCCC2)N=C(c2ccccc2)c2ccccc21. The number of para-hydroxylation sites is 1. The van der Waals surface area contributed by atoms with E-state index in [2.05, 4.69) is 15.6 Å². The minimum atomic E-state index is -0.978. The second-order valence-corrected chi connectivity index (χ2v) is 7.26. The predicted molar refractivity (Wildman–Crippen MR) is 110 cm³/mol. The Bertz CT molecular complexity index is 904. The van der Waals surface area contributed by atoms with Crippen LogP contribution in [0.25, 0.3) is 0 Å². The zero-order valence-corrected chi connectivity index (χ0v) is 15.9. The van der Waals surface area contributed by atoms with E-state index >= 15 is 0 Å². The maximum atomic E-state index is 13.0. The Morgan fingerprint density at radius 2 is 1.68 bits per heavy atom. The number of fused-ring (bicyclic) bond motifs is 1. The molecular formula is C22H24N4O2. The lowest BCUT2D eigenvalue weighted by Gasteiger charge is -2.21. The number of benzene rings is 2. The lowest BCUT2D eigenvalue weighted by atomic mass is 10.0. The molecule has 1 aliphatic carbocycles. The predicted octanol–water partition coefficient (Wildman–Crippen LogP) is 3.07. The van der Waals surface area contributed by atoms with Crippen molar-refractivity contribution < 1.29 is 9.59 Å². The second kappa shape index (κ2) is 7.84. The highest BCUT2D eigenvalue weighted by molar-refractivity contribution is 6.20. The summed E-state index contributed by atoms with van der Waals surface area (Å²) in [6.07, 6.45) is 3.24. The number of likely N-dealkylation sites (N-methyl/N-ethyl adjacent to an activating group) is 1. The van der Waals surface area contributed by atoms with Gasteiger partial charge in [-0.05, 0) is 18.9 Å². The molecule has 1 saturated carbocycles. The van der Waals surface area contributed by atoms with Crippen molar-refractivity contribution in [2.75, 3.05) is 11.9 Å². The minimum Gasteiger partial charge on any atom is -0.335 e. The van der Waals surface area contributed by atoms with Gasteiger partial charge in [0.1, 0.15) is 0 Å². The molecule has 1 fully saturated rings. The zero-order valence-electron chi connectivity index (χ0n) is 15.9. The average Bonchev–Trinajstić information content (AvgIpc) is 3.20. The molecule has 144 valence electrons. The van der Waals surface area contributed by atoms with Gasteiger partial charge in [-0.25, -0.2) is 9.79 Å².